The van der Waals surface area contributed by atoms with Crippen molar-refractivity contribution in [1.82, 2.24) is 10.3 Å². The predicted octanol–water partition coefficient (Wildman–Crippen LogP) is 6.53. The molecule has 2 amide bonds. The number of nitrogens with zero attached hydrogens (tertiary/aromatic N) is 2. The molecular formula is C30H27Cl2N3O3. The summed E-state index contributed by atoms with van der Waals surface area (Å²) in [7, 11) is 1.59. The zero-order chi connectivity index (χ0) is 27.2. The van der Waals surface area contributed by atoms with Gasteiger partial charge in [-0.1, -0.05) is 71.2 Å². The van der Waals surface area contributed by atoms with E-state index in [1.54, 1.807) is 25.3 Å². The number of ether oxygens (including phenoxy) is 1. The van der Waals surface area contributed by atoms with Crippen LogP contribution in [0.1, 0.15) is 22.4 Å². The Morgan fingerprint density at radius 3 is 2.53 bits per heavy atom. The highest BCUT2D eigenvalue weighted by Gasteiger charge is 2.19. The van der Waals surface area contributed by atoms with Crippen molar-refractivity contribution in [2.75, 3.05) is 18.5 Å². The lowest BCUT2D eigenvalue weighted by Crippen LogP contribution is -2.37. The molecule has 4 rings (SSSR count). The first-order chi connectivity index (χ1) is 18.2. The summed E-state index contributed by atoms with van der Waals surface area (Å²) in [6.45, 7) is 3.81. The van der Waals surface area contributed by atoms with Crippen molar-refractivity contribution in [2.45, 2.75) is 20.5 Å². The Labute approximate surface area is 231 Å². The lowest BCUT2D eigenvalue weighted by molar-refractivity contribution is -0.122. The summed E-state index contributed by atoms with van der Waals surface area (Å²) < 4.78 is 6.07. The molecule has 0 aliphatic heterocycles. The van der Waals surface area contributed by atoms with E-state index < -0.39 is 0 Å². The number of pyridine rings is 1. The molecule has 1 heterocycles. The zero-order valence-electron chi connectivity index (χ0n) is 21.3. The molecular weight excluding hydrogens is 521 g/mol. The molecule has 0 bridgehead atoms. The van der Waals surface area contributed by atoms with Gasteiger partial charge in [0, 0.05) is 34.8 Å². The molecule has 6 nitrogen and oxygen atoms in total. The highest BCUT2D eigenvalue weighted by atomic mass is 35.5. The van der Waals surface area contributed by atoms with Gasteiger partial charge in [0.1, 0.15) is 17.9 Å². The van der Waals surface area contributed by atoms with E-state index in [1.165, 1.54) is 11.0 Å². The van der Waals surface area contributed by atoms with Crippen LogP contribution in [0, 0.1) is 13.8 Å². The number of fused-ring (bicyclic) bond motifs is 1. The van der Waals surface area contributed by atoms with E-state index in [0.29, 0.717) is 27.0 Å². The fourth-order valence-electron chi connectivity index (χ4n) is 3.78. The van der Waals surface area contributed by atoms with Gasteiger partial charge in [-0.15, -0.1) is 0 Å². The fraction of sp³-hybridized carbons (Fsp3) is 0.167. The Balaban J connectivity index is 1.42. The van der Waals surface area contributed by atoms with Crippen LogP contribution in [0.5, 0.6) is 5.75 Å². The number of hydrogen-bond acceptors (Lipinski definition) is 4. The van der Waals surface area contributed by atoms with Crippen LogP contribution < -0.4 is 15.0 Å². The normalized spacial score (nSPS) is 11.1. The summed E-state index contributed by atoms with van der Waals surface area (Å²) in [5.74, 6) is -0.107. The Morgan fingerprint density at radius 1 is 1.00 bits per heavy atom. The monoisotopic (exact) mass is 547 g/mol. The first kappa shape index (κ1) is 27.2. The van der Waals surface area contributed by atoms with Crippen molar-refractivity contribution in [2.24, 2.45) is 0 Å². The molecule has 8 heteroatoms. The molecule has 0 fully saturated rings. The average Bonchev–Trinajstić information content (AvgIpc) is 2.91. The Hall–Kier alpha value is -3.87. The summed E-state index contributed by atoms with van der Waals surface area (Å²) in [6, 6.07) is 20.7. The maximum atomic E-state index is 12.8. The van der Waals surface area contributed by atoms with Gasteiger partial charge in [0.2, 0.25) is 11.8 Å². The molecule has 1 aromatic heterocycles. The number of para-hydroxylation sites is 1. The summed E-state index contributed by atoms with van der Waals surface area (Å²) in [5, 5.41) is 4.28. The number of halogens is 2. The van der Waals surface area contributed by atoms with E-state index in [1.807, 2.05) is 68.4 Å². The van der Waals surface area contributed by atoms with Crippen molar-refractivity contribution < 1.29 is 14.3 Å². The zero-order valence-corrected chi connectivity index (χ0v) is 22.8. The van der Waals surface area contributed by atoms with Crippen LogP contribution in [0.15, 0.2) is 72.8 Å². The van der Waals surface area contributed by atoms with Crippen LogP contribution in [0.4, 0.5) is 5.69 Å². The molecule has 0 saturated heterocycles. The van der Waals surface area contributed by atoms with E-state index in [-0.39, 0.29) is 25.0 Å². The fourth-order valence-corrected chi connectivity index (χ4v) is 4.39. The van der Waals surface area contributed by atoms with Gasteiger partial charge in [-0.25, -0.2) is 4.98 Å². The molecule has 194 valence electrons. The Kier molecular flexibility index (Phi) is 8.66. The van der Waals surface area contributed by atoms with Crippen LogP contribution in [-0.4, -0.2) is 30.4 Å². The van der Waals surface area contributed by atoms with Crippen LogP contribution in [0.25, 0.3) is 17.0 Å². The molecule has 0 aliphatic carbocycles. The van der Waals surface area contributed by atoms with Gasteiger partial charge in [0.25, 0.3) is 0 Å². The minimum absolute atomic E-state index is 0.0861. The third-order valence-corrected chi connectivity index (χ3v) is 6.79. The van der Waals surface area contributed by atoms with Gasteiger partial charge in [0.15, 0.2) is 0 Å². The van der Waals surface area contributed by atoms with Crippen molar-refractivity contribution in [3.63, 3.8) is 0 Å². The number of likely N-dealkylation sites (N-methyl/N-ethyl adjacent to an activating group) is 1. The number of nitrogens with one attached hydrogen (secondary N) is 1. The van der Waals surface area contributed by atoms with Gasteiger partial charge in [-0.05, 0) is 49.8 Å². The Bertz CT molecular complexity index is 1520. The second-order valence-corrected chi connectivity index (χ2v) is 9.63. The molecule has 0 atom stereocenters. The van der Waals surface area contributed by atoms with Gasteiger partial charge in [0.05, 0.1) is 17.3 Å². The number of aromatic nitrogens is 1. The van der Waals surface area contributed by atoms with Crippen LogP contribution in [-0.2, 0) is 16.2 Å². The van der Waals surface area contributed by atoms with Crippen molar-refractivity contribution in [3.05, 3.63) is 105 Å². The number of anilines is 1. The van der Waals surface area contributed by atoms with Crippen molar-refractivity contribution in [1.29, 1.82) is 0 Å². The molecule has 0 saturated carbocycles. The van der Waals surface area contributed by atoms with Crippen molar-refractivity contribution >= 4 is 57.7 Å². The Morgan fingerprint density at radius 2 is 1.76 bits per heavy atom. The van der Waals surface area contributed by atoms with Crippen molar-refractivity contribution in [3.8, 4) is 5.75 Å². The molecule has 0 spiro atoms. The number of benzene rings is 3. The van der Waals surface area contributed by atoms with Gasteiger partial charge in [-0.2, -0.15) is 0 Å². The maximum absolute atomic E-state index is 12.8. The first-order valence-electron chi connectivity index (χ1n) is 12.0. The highest BCUT2D eigenvalue weighted by molar-refractivity contribution is 6.38. The molecule has 3 aromatic carbocycles. The topological polar surface area (TPSA) is 71.5 Å². The third-order valence-electron chi connectivity index (χ3n) is 6.01. The molecule has 0 aliphatic rings. The molecule has 4 aromatic rings. The van der Waals surface area contributed by atoms with E-state index in [4.69, 9.17) is 27.9 Å². The molecule has 0 radical (unpaired) electrons. The number of aryl methyl sites for hydroxylation is 2. The summed E-state index contributed by atoms with van der Waals surface area (Å²) in [5.41, 5.74) is 4.65. The number of rotatable bonds is 8. The van der Waals surface area contributed by atoms with E-state index in [2.05, 4.69) is 10.3 Å². The second kappa shape index (κ2) is 12.1. The first-order valence-corrected chi connectivity index (χ1v) is 12.7. The van der Waals surface area contributed by atoms with Gasteiger partial charge >= 0.3 is 0 Å². The van der Waals surface area contributed by atoms with E-state index in [0.717, 1.165) is 27.7 Å². The number of carbonyl (C=O) groups excluding carboxylic acids is 2. The SMILES string of the molecule is Cc1ccc(/C=C/C(=O)NCC(=O)N(C)c2ccc(Cl)c(COc3cccc4ccc(C)nc34)c2Cl)cc1. The van der Waals surface area contributed by atoms with E-state index >= 15 is 0 Å². The van der Waals surface area contributed by atoms with Crippen LogP contribution in [0.3, 0.4) is 0 Å². The van der Waals surface area contributed by atoms with E-state index in [9.17, 15) is 9.59 Å². The summed E-state index contributed by atoms with van der Waals surface area (Å²) in [6.07, 6.45) is 3.09. The number of amides is 2. The lowest BCUT2D eigenvalue weighted by Gasteiger charge is -2.21. The number of carbonyl (C=O) groups is 2. The predicted molar refractivity (Wildman–Crippen MR) is 154 cm³/mol. The summed E-state index contributed by atoms with van der Waals surface area (Å²) in [4.78, 5) is 31.0. The van der Waals surface area contributed by atoms with Gasteiger partial charge < -0.3 is 15.0 Å². The smallest absolute Gasteiger partial charge is 0.246 e. The number of hydrogen-bond donors (Lipinski definition) is 1. The highest BCUT2D eigenvalue weighted by Crippen LogP contribution is 2.35. The minimum Gasteiger partial charge on any atom is -0.487 e. The van der Waals surface area contributed by atoms with Crippen LogP contribution in [0.2, 0.25) is 10.0 Å². The quantitative estimate of drug-likeness (QED) is 0.254. The molecule has 0 unspecified atom stereocenters. The molecule has 1 N–H and O–H groups in total. The standard InChI is InChI=1S/C30H27Cl2N3O3/c1-19-7-10-21(11-8-19)12-16-27(36)33-17-28(37)35(3)25-15-14-24(31)23(29(25)32)18-38-26-6-4-5-22-13-9-20(2)34-30(22)26/h4-16H,17-18H2,1-3H3,(H,33,36)/b16-12+. The third kappa shape index (κ3) is 6.52. The minimum atomic E-state index is -0.373. The van der Waals surface area contributed by atoms with Gasteiger partial charge in [-0.3, -0.25) is 9.59 Å². The largest absolute Gasteiger partial charge is 0.487 e. The average molecular weight is 548 g/mol. The lowest BCUT2D eigenvalue weighted by atomic mass is 10.1. The maximum Gasteiger partial charge on any atom is 0.246 e. The van der Waals surface area contributed by atoms with Crippen LogP contribution >= 0.6 is 23.2 Å². The molecule has 38 heavy (non-hydrogen) atoms. The summed E-state index contributed by atoms with van der Waals surface area (Å²) >= 11 is 13.1. The second-order valence-electron chi connectivity index (χ2n) is 8.84.